The third kappa shape index (κ3) is 8.56. The van der Waals surface area contributed by atoms with E-state index in [0.29, 0.717) is 22.3 Å². The molecule has 2 saturated heterocycles. The number of imide groups is 1. The highest BCUT2D eigenvalue weighted by atomic mass is 16.6. The molecule has 3 heterocycles. The molecular weight excluding hydrogens is 863 g/mol. The molecular formula is C55H53N3O10. The number of allylic oxidation sites excluding steroid dienone is 2. The van der Waals surface area contributed by atoms with Gasteiger partial charge in [-0.1, -0.05) is 127 Å². The van der Waals surface area contributed by atoms with Gasteiger partial charge in [-0.05, 0) is 77.8 Å². The predicted octanol–water partition coefficient (Wildman–Crippen LogP) is 7.21. The number of esters is 1. The van der Waals surface area contributed by atoms with Gasteiger partial charge in [-0.15, -0.1) is 0 Å². The zero-order chi connectivity index (χ0) is 47.2. The smallest absolute Gasteiger partial charge is 0.421 e. The van der Waals surface area contributed by atoms with E-state index in [1.807, 2.05) is 71.6 Å². The molecule has 5 aromatic carbocycles. The summed E-state index contributed by atoms with van der Waals surface area (Å²) in [4.78, 5) is 65.1. The number of carbonyl (C=O) groups excluding carboxylic acids is 4. The number of para-hydroxylation sites is 1. The van der Waals surface area contributed by atoms with Gasteiger partial charge in [-0.2, -0.15) is 0 Å². The molecule has 1 spiro atoms. The molecule has 13 nitrogen and oxygen atoms in total. The molecule has 7 unspecified atom stereocenters. The Bertz CT molecular complexity index is 2740. The summed E-state index contributed by atoms with van der Waals surface area (Å²) in [7, 11) is 1.46. The number of aliphatic hydroxyl groups excluding tert-OH is 2. The minimum Gasteiger partial charge on any atom is -0.491 e. The molecule has 4 aliphatic rings. The van der Waals surface area contributed by atoms with Gasteiger partial charge in [0.2, 0.25) is 11.8 Å². The standard InChI is InChI=1S/C55H53N3O10/c1-65-32-33-67-54(64)57-43-29-28-37(27-26-36-16-6-2-7-17-36)34-42(43)55(53(57)63)46(51(61)56-35-44(60)38-18-8-3-9-19-38)48-52(62)68-49(40-22-12-5-13-23-40)47(39-20-10-4-11-21-39)58(48)50(55)41-24-14-15-25-45(41)66-31-30-59/h3-5,8-16,18-25,28-29,34,44,46-50,59-60H,2,6-7,17,30-33,35H2,1H3,(H,56,61). The van der Waals surface area contributed by atoms with Crippen LogP contribution in [-0.2, 0) is 34.0 Å². The number of hydrogen-bond acceptors (Lipinski definition) is 11. The van der Waals surface area contributed by atoms with Gasteiger partial charge < -0.3 is 34.5 Å². The molecule has 1 aliphatic carbocycles. The molecule has 9 rings (SSSR count). The van der Waals surface area contributed by atoms with E-state index < -0.39 is 65.5 Å². The van der Waals surface area contributed by atoms with Crippen LogP contribution in [0.3, 0.4) is 0 Å². The van der Waals surface area contributed by atoms with Crippen LogP contribution < -0.4 is 15.0 Å². The maximum atomic E-state index is 16.5. The van der Waals surface area contributed by atoms with E-state index >= 15 is 14.4 Å². The Morgan fingerprint density at radius 3 is 2.25 bits per heavy atom. The lowest BCUT2D eigenvalue weighted by atomic mass is 9.65. The van der Waals surface area contributed by atoms with Gasteiger partial charge in [0.05, 0.1) is 43.0 Å². The average Bonchev–Trinajstić information content (AvgIpc) is 3.84. The number of nitrogens with one attached hydrogen (secondary N) is 1. The zero-order valence-electron chi connectivity index (χ0n) is 37.7. The van der Waals surface area contributed by atoms with Crippen molar-refractivity contribution in [3.05, 3.63) is 178 Å². The number of nitrogens with zero attached hydrogens (tertiary/aromatic N) is 2. The normalized spacial score (nSPS) is 23.4. The second-order valence-corrected chi connectivity index (χ2v) is 17.3. The summed E-state index contributed by atoms with van der Waals surface area (Å²) in [6, 6.07) is 36.1. The Hall–Kier alpha value is -7.08. The van der Waals surface area contributed by atoms with Crippen LogP contribution >= 0.6 is 0 Å². The Balaban J connectivity index is 1.34. The van der Waals surface area contributed by atoms with Crippen LogP contribution in [0.4, 0.5) is 10.5 Å². The minimum absolute atomic E-state index is 0.0461. The fraction of sp³-hybridized carbons (Fsp3) is 0.309. The maximum Gasteiger partial charge on any atom is 0.421 e. The number of benzene rings is 5. The fourth-order valence-corrected chi connectivity index (χ4v) is 10.4. The first-order chi connectivity index (χ1) is 33.3. The number of amides is 3. The lowest BCUT2D eigenvalue weighted by Gasteiger charge is -2.46. The van der Waals surface area contributed by atoms with Gasteiger partial charge in [0.1, 0.15) is 36.5 Å². The molecule has 2 fully saturated rings. The lowest BCUT2D eigenvalue weighted by molar-refractivity contribution is -0.178. The highest BCUT2D eigenvalue weighted by molar-refractivity contribution is 6.23. The van der Waals surface area contributed by atoms with Gasteiger partial charge in [0.15, 0.2) is 0 Å². The molecule has 5 aromatic rings. The number of cyclic esters (lactones) is 1. The average molecular weight is 916 g/mol. The summed E-state index contributed by atoms with van der Waals surface area (Å²) in [5.74, 6) is 2.95. The van der Waals surface area contributed by atoms with Crippen LogP contribution in [0.2, 0.25) is 0 Å². The summed E-state index contributed by atoms with van der Waals surface area (Å²) in [5.41, 5.74) is 2.11. The van der Waals surface area contributed by atoms with Gasteiger partial charge in [0, 0.05) is 24.8 Å². The molecule has 0 aromatic heterocycles. The first kappa shape index (κ1) is 46.0. The van der Waals surface area contributed by atoms with Gasteiger partial charge in [-0.3, -0.25) is 19.3 Å². The number of morpholine rings is 1. The Morgan fingerprint density at radius 2 is 1.54 bits per heavy atom. The minimum atomic E-state index is -2.12. The van der Waals surface area contributed by atoms with E-state index in [1.54, 1.807) is 66.7 Å². The van der Waals surface area contributed by atoms with Crippen molar-refractivity contribution in [2.24, 2.45) is 5.92 Å². The first-order valence-corrected chi connectivity index (χ1v) is 23.0. The fourth-order valence-electron chi connectivity index (χ4n) is 10.4. The second-order valence-electron chi connectivity index (χ2n) is 17.3. The summed E-state index contributed by atoms with van der Waals surface area (Å²) >= 11 is 0. The maximum absolute atomic E-state index is 16.5. The van der Waals surface area contributed by atoms with Crippen molar-refractivity contribution in [2.75, 3.05) is 45.0 Å². The topological polar surface area (TPSA) is 164 Å². The van der Waals surface area contributed by atoms with Crippen molar-refractivity contribution in [3.8, 4) is 17.6 Å². The summed E-state index contributed by atoms with van der Waals surface area (Å²) in [5, 5.41) is 24.5. The molecule has 3 amide bonds. The lowest BCUT2D eigenvalue weighted by Crippen LogP contribution is -2.56. The van der Waals surface area contributed by atoms with E-state index in [2.05, 4.69) is 23.2 Å². The van der Waals surface area contributed by atoms with Gasteiger partial charge in [0.25, 0.3) is 0 Å². The van der Waals surface area contributed by atoms with Crippen molar-refractivity contribution in [1.82, 2.24) is 10.2 Å². The molecule has 7 atom stereocenters. The third-order valence-corrected chi connectivity index (χ3v) is 13.3. The van der Waals surface area contributed by atoms with Crippen molar-refractivity contribution in [2.45, 2.75) is 61.4 Å². The third-order valence-electron chi connectivity index (χ3n) is 13.3. The SMILES string of the molecule is COCCOC(=O)N1C(=O)C2(c3cc(C#CC4=CCCCC4)ccc31)C(C(=O)NCC(O)c1ccccc1)C1C(=O)OC(c3ccccc3)C(c3ccccc3)N1C2c1ccccc1OCCO. The van der Waals surface area contributed by atoms with Crippen LogP contribution in [0.25, 0.3) is 0 Å². The predicted molar refractivity (Wildman–Crippen MR) is 252 cm³/mol. The number of ether oxygens (including phenoxy) is 4. The van der Waals surface area contributed by atoms with E-state index in [0.717, 1.165) is 41.7 Å². The monoisotopic (exact) mass is 915 g/mol. The number of anilines is 1. The van der Waals surface area contributed by atoms with Crippen molar-refractivity contribution < 1.29 is 48.3 Å². The van der Waals surface area contributed by atoms with Crippen molar-refractivity contribution in [1.29, 1.82) is 0 Å². The zero-order valence-corrected chi connectivity index (χ0v) is 37.7. The molecule has 0 saturated carbocycles. The summed E-state index contributed by atoms with van der Waals surface area (Å²) in [6.07, 6.45) is 2.84. The van der Waals surface area contributed by atoms with Crippen LogP contribution in [-0.4, -0.2) is 85.1 Å². The van der Waals surface area contributed by atoms with E-state index in [4.69, 9.17) is 18.9 Å². The van der Waals surface area contributed by atoms with E-state index in [1.165, 1.54) is 7.11 Å². The van der Waals surface area contributed by atoms with Crippen molar-refractivity contribution >= 4 is 29.6 Å². The van der Waals surface area contributed by atoms with Crippen LogP contribution in [0.1, 0.15) is 83.4 Å². The van der Waals surface area contributed by atoms with Gasteiger partial charge in [-0.25, -0.2) is 9.69 Å². The molecule has 348 valence electrons. The van der Waals surface area contributed by atoms with E-state index in [-0.39, 0.29) is 50.0 Å². The molecule has 0 radical (unpaired) electrons. The molecule has 3 N–H and O–H groups in total. The second kappa shape index (κ2) is 20.4. The quantitative estimate of drug-likeness (QED) is 0.0622. The Kier molecular flexibility index (Phi) is 13.8. The highest BCUT2D eigenvalue weighted by Gasteiger charge is 2.76. The number of hydrogen-bond donors (Lipinski definition) is 3. The highest BCUT2D eigenvalue weighted by Crippen LogP contribution is 2.66. The van der Waals surface area contributed by atoms with Crippen molar-refractivity contribution in [3.63, 3.8) is 0 Å². The molecule has 0 bridgehead atoms. The first-order valence-electron chi connectivity index (χ1n) is 23.0. The summed E-state index contributed by atoms with van der Waals surface area (Å²) in [6.45, 7) is -0.863. The number of rotatable bonds is 13. The molecule has 3 aliphatic heterocycles. The molecule has 68 heavy (non-hydrogen) atoms. The Morgan fingerprint density at radius 1 is 0.838 bits per heavy atom. The largest absolute Gasteiger partial charge is 0.491 e. The van der Waals surface area contributed by atoms with Crippen LogP contribution in [0.5, 0.6) is 5.75 Å². The molecule has 13 heteroatoms. The number of methoxy groups -OCH3 is 1. The number of fused-ring (bicyclic) bond motifs is 3. The van der Waals surface area contributed by atoms with Gasteiger partial charge >= 0.3 is 12.1 Å². The van der Waals surface area contributed by atoms with Crippen LogP contribution in [0.15, 0.2) is 145 Å². The van der Waals surface area contributed by atoms with Crippen LogP contribution in [0, 0.1) is 17.8 Å². The summed E-state index contributed by atoms with van der Waals surface area (Å²) < 4.78 is 23.8. The number of aliphatic hydroxyl groups is 2. The number of carbonyl (C=O) groups is 4. The Labute approximate surface area is 395 Å². The van der Waals surface area contributed by atoms with E-state index in [9.17, 15) is 15.0 Å².